The van der Waals surface area contributed by atoms with Gasteiger partial charge in [-0.1, -0.05) is 37.1 Å². The van der Waals surface area contributed by atoms with Crippen molar-refractivity contribution in [2.45, 2.75) is 64.9 Å². The van der Waals surface area contributed by atoms with Crippen LogP contribution in [-0.2, 0) is 22.3 Å². The lowest BCUT2D eigenvalue weighted by Gasteiger charge is -2.36. The molecule has 0 bridgehead atoms. The Kier molecular flexibility index (Phi) is 10.3. The van der Waals surface area contributed by atoms with Crippen LogP contribution in [-0.4, -0.2) is 42.7 Å². The second-order valence-corrected chi connectivity index (χ2v) is 8.78. The Bertz CT molecular complexity index is 1060. The molecule has 0 spiro atoms. The van der Waals surface area contributed by atoms with Crippen molar-refractivity contribution in [3.8, 4) is 5.75 Å². The number of ether oxygens (including phenoxy) is 1. The molecule has 198 valence electrons. The molecule has 2 rings (SSSR count). The Morgan fingerprint density at radius 3 is 2.42 bits per heavy atom. The fraction of sp³-hybridized carbons (Fsp3) is 0.462. The Morgan fingerprint density at radius 2 is 1.86 bits per heavy atom. The standard InChI is InChI=1S/C26H34F3N3O4/c1-5-6-22(33)21(15-31-14-18-8-7-16(2)11-17(18)3)32(25(35)13-24(30)34)20-12-19(26(27,28)29)9-10-23(20)36-4/h7-12,21-22,31,33H,5-6,13-15H2,1-4H3,(H2,30,34). The first-order valence-electron chi connectivity index (χ1n) is 11.7. The number of hydrogen-bond acceptors (Lipinski definition) is 5. The zero-order valence-corrected chi connectivity index (χ0v) is 21.0. The number of aliphatic hydroxyl groups is 1. The zero-order valence-electron chi connectivity index (χ0n) is 21.0. The number of nitrogens with two attached hydrogens (primary N) is 1. The smallest absolute Gasteiger partial charge is 0.416 e. The van der Waals surface area contributed by atoms with E-state index in [4.69, 9.17) is 10.5 Å². The van der Waals surface area contributed by atoms with E-state index >= 15 is 0 Å². The highest BCUT2D eigenvalue weighted by Gasteiger charge is 2.36. The van der Waals surface area contributed by atoms with Crippen LogP contribution < -0.4 is 20.7 Å². The van der Waals surface area contributed by atoms with Gasteiger partial charge in [0.2, 0.25) is 11.8 Å². The Hall–Kier alpha value is -3.11. The largest absolute Gasteiger partial charge is 0.495 e. The molecule has 36 heavy (non-hydrogen) atoms. The molecule has 0 saturated heterocycles. The number of carbonyl (C=O) groups is 2. The molecule has 2 amide bonds. The van der Waals surface area contributed by atoms with Crippen LogP contribution in [0.25, 0.3) is 0 Å². The molecule has 0 saturated carbocycles. The maximum absolute atomic E-state index is 13.5. The van der Waals surface area contributed by atoms with Crippen LogP contribution >= 0.6 is 0 Å². The predicted molar refractivity (Wildman–Crippen MR) is 132 cm³/mol. The molecule has 2 atom stereocenters. The van der Waals surface area contributed by atoms with Crippen molar-refractivity contribution in [1.82, 2.24) is 5.32 Å². The van der Waals surface area contributed by atoms with Crippen LogP contribution in [0.1, 0.15) is 48.4 Å². The Morgan fingerprint density at radius 1 is 1.17 bits per heavy atom. The van der Waals surface area contributed by atoms with Crippen molar-refractivity contribution in [2.75, 3.05) is 18.6 Å². The highest BCUT2D eigenvalue weighted by Crippen LogP contribution is 2.38. The number of rotatable bonds is 12. The summed E-state index contributed by atoms with van der Waals surface area (Å²) in [5, 5.41) is 14.2. The van der Waals surface area contributed by atoms with Crippen LogP contribution in [0.3, 0.4) is 0 Å². The molecular weight excluding hydrogens is 475 g/mol. The minimum Gasteiger partial charge on any atom is -0.495 e. The molecule has 0 radical (unpaired) electrons. The summed E-state index contributed by atoms with van der Waals surface area (Å²) in [6.07, 6.45) is -5.69. The van der Waals surface area contributed by atoms with E-state index in [1.807, 2.05) is 39.0 Å². The molecule has 2 unspecified atom stereocenters. The molecule has 4 N–H and O–H groups in total. The summed E-state index contributed by atoms with van der Waals surface area (Å²) in [6, 6.07) is 7.68. The number of amides is 2. The fourth-order valence-electron chi connectivity index (χ4n) is 4.07. The lowest BCUT2D eigenvalue weighted by molar-refractivity contribution is -0.137. The van der Waals surface area contributed by atoms with Gasteiger partial charge in [0.15, 0.2) is 0 Å². The SMILES string of the molecule is CCCC(O)C(CNCc1ccc(C)cc1C)N(C(=O)CC(N)=O)c1cc(C(F)(F)F)ccc1OC. The van der Waals surface area contributed by atoms with Crippen LogP contribution in [0, 0.1) is 13.8 Å². The van der Waals surface area contributed by atoms with E-state index in [-0.39, 0.29) is 24.4 Å². The molecule has 0 aromatic heterocycles. The van der Waals surface area contributed by atoms with Gasteiger partial charge in [0.1, 0.15) is 12.2 Å². The van der Waals surface area contributed by atoms with E-state index in [0.29, 0.717) is 13.0 Å². The summed E-state index contributed by atoms with van der Waals surface area (Å²) >= 11 is 0. The van der Waals surface area contributed by atoms with E-state index in [0.717, 1.165) is 39.8 Å². The van der Waals surface area contributed by atoms with Crippen molar-refractivity contribution < 1.29 is 32.6 Å². The Labute approximate surface area is 209 Å². The first-order valence-corrected chi connectivity index (χ1v) is 11.7. The van der Waals surface area contributed by atoms with Gasteiger partial charge in [0, 0.05) is 13.1 Å². The van der Waals surface area contributed by atoms with Gasteiger partial charge in [0.05, 0.1) is 30.5 Å². The monoisotopic (exact) mass is 509 g/mol. The molecule has 2 aromatic carbocycles. The van der Waals surface area contributed by atoms with Crippen LogP contribution in [0.4, 0.5) is 18.9 Å². The van der Waals surface area contributed by atoms with Gasteiger partial charge in [0.25, 0.3) is 0 Å². The lowest BCUT2D eigenvalue weighted by Crippen LogP contribution is -2.53. The fourth-order valence-corrected chi connectivity index (χ4v) is 4.07. The Balaban J connectivity index is 2.52. The van der Waals surface area contributed by atoms with Gasteiger partial charge in [-0.05, 0) is 49.6 Å². The summed E-state index contributed by atoms with van der Waals surface area (Å²) in [6.45, 7) is 6.22. The average molecular weight is 510 g/mol. The van der Waals surface area contributed by atoms with Crippen LogP contribution in [0.5, 0.6) is 5.75 Å². The molecule has 7 nitrogen and oxygen atoms in total. The minimum absolute atomic E-state index is 0.0103. The summed E-state index contributed by atoms with van der Waals surface area (Å²) in [7, 11) is 1.26. The van der Waals surface area contributed by atoms with E-state index < -0.39 is 42.1 Å². The number of primary amides is 1. The number of benzene rings is 2. The number of halogens is 3. The average Bonchev–Trinajstić information content (AvgIpc) is 2.78. The minimum atomic E-state index is -4.68. The number of anilines is 1. The number of hydrogen-bond donors (Lipinski definition) is 3. The quantitative estimate of drug-likeness (QED) is 0.377. The molecule has 0 heterocycles. The highest BCUT2D eigenvalue weighted by atomic mass is 19.4. The van der Waals surface area contributed by atoms with Gasteiger partial charge in [-0.2, -0.15) is 13.2 Å². The van der Waals surface area contributed by atoms with Crippen molar-refractivity contribution in [3.63, 3.8) is 0 Å². The number of methoxy groups -OCH3 is 1. The highest BCUT2D eigenvalue weighted by molar-refractivity contribution is 6.05. The zero-order chi connectivity index (χ0) is 27.0. The topological polar surface area (TPSA) is 105 Å². The number of aryl methyl sites for hydroxylation is 2. The predicted octanol–water partition coefficient (Wildman–Crippen LogP) is 3.86. The van der Waals surface area contributed by atoms with Crippen molar-refractivity contribution in [2.24, 2.45) is 5.73 Å². The first-order chi connectivity index (χ1) is 16.9. The number of alkyl halides is 3. The van der Waals surface area contributed by atoms with Gasteiger partial charge in [-0.15, -0.1) is 0 Å². The molecule has 10 heteroatoms. The molecule has 0 aliphatic heterocycles. The normalized spacial score (nSPS) is 13.2. The van der Waals surface area contributed by atoms with Crippen LogP contribution in [0.15, 0.2) is 36.4 Å². The van der Waals surface area contributed by atoms with Crippen molar-refractivity contribution in [1.29, 1.82) is 0 Å². The number of nitrogens with zero attached hydrogens (tertiary/aromatic N) is 1. The summed E-state index contributed by atoms with van der Waals surface area (Å²) < 4.78 is 45.9. The van der Waals surface area contributed by atoms with Gasteiger partial charge in [-0.3, -0.25) is 9.59 Å². The second-order valence-electron chi connectivity index (χ2n) is 8.78. The summed E-state index contributed by atoms with van der Waals surface area (Å²) in [5.41, 5.74) is 7.19. The molecule has 0 aliphatic carbocycles. The maximum atomic E-state index is 13.5. The van der Waals surface area contributed by atoms with E-state index in [1.54, 1.807) is 0 Å². The maximum Gasteiger partial charge on any atom is 0.416 e. The second kappa shape index (κ2) is 12.7. The van der Waals surface area contributed by atoms with E-state index in [2.05, 4.69) is 5.32 Å². The van der Waals surface area contributed by atoms with Crippen molar-refractivity contribution >= 4 is 17.5 Å². The molecule has 0 fully saturated rings. The first kappa shape index (κ1) is 29.1. The summed E-state index contributed by atoms with van der Waals surface area (Å²) in [4.78, 5) is 25.8. The number of nitrogens with one attached hydrogen (secondary N) is 1. The molecule has 0 aliphatic rings. The van der Waals surface area contributed by atoms with Crippen LogP contribution in [0.2, 0.25) is 0 Å². The van der Waals surface area contributed by atoms with E-state index in [9.17, 15) is 27.9 Å². The third-order valence-electron chi connectivity index (χ3n) is 5.89. The lowest BCUT2D eigenvalue weighted by atomic mass is 10.0. The number of carbonyl (C=O) groups excluding carboxylic acids is 2. The van der Waals surface area contributed by atoms with Gasteiger partial charge >= 0.3 is 6.18 Å². The van der Waals surface area contributed by atoms with Gasteiger partial charge < -0.3 is 25.8 Å². The summed E-state index contributed by atoms with van der Waals surface area (Å²) in [5.74, 6) is -1.79. The van der Waals surface area contributed by atoms with Crippen molar-refractivity contribution in [3.05, 3.63) is 58.7 Å². The third-order valence-corrected chi connectivity index (χ3v) is 5.89. The number of aliphatic hydroxyl groups excluding tert-OH is 1. The van der Waals surface area contributed by atoms with Gasteiger partial charge in [-0.25, -0.2) is 0 Å². The third kappa shape index (κ3) is 7.69. The van der Waals surface area contributed by atoms with E-state index in [1.165, 1.54) is 7.11 Å². The molecular formula is C26H34F3N3O4. The molecule has 2 aromatic rings.